The minimum atomic E-state index is -3.87. The summed E-state index contributed by atoms with van der Waals surface area (Å²) in [5.74, 6) is 1.29. The number of benzene rings is 3. The van der Waals surface area contributed by atoms with Crippen LogP contribution in [-0.4, -0.2) is 33.2 Å². The number of thioether (sulfide) groups is 1. The Bertz CT molecular complexity index is 1130. The monoisotopic (exact) mass is 468 g/mol. The Hall–Kier alpha value is -2.77. The lowest BCUT2D eigenvalue weighted by molar-refractivity contribution is -0.119. The lowest BCUT2D eigenvalue weighted by Crippen LogP contribution is -2.41. The van der Waals surface area contributed by atoms with Crippen LogP contribution in [0.4, 0.5) is 5.69 Å². The van der Waals surface area contributed by atoms with Crippen molar-refractivity contribution in [2.45, 2.75) is 24.5 Å². The molecule has 0 bridgehead atoms. The Kier molecular flexibility index (Phi) is 8.36. The molecular formula is C25H28N2O3S2. The zero-order valence-corrected chi connectivity index (χ0v) is 20.0. The summed E-state index contributed by atoms with van der Waals surface area (Å²) in [5.41, 5.74) is 4.01. The van der Waals surface area contributed by atoms with Gasteiger partial charge in [0.15, 0.2) is 0 Å². The first-order chi connectivity index (χ1) is 15.4. The summed E-state index contributed by atoms with van der Waals surface area (Å²) in [4.78, 5) is 12.8. The van der Waals surface area contributed by atoms with Gasteiger partial charge in [0.1, 0.15) is 6.54 Å². The second-order valence-corrected chi connectivity index (χ2v) is 10.5. The van der Waals surface area contributed by atoms with E-state index in [0.29, 0.717) is 12.2 Å². The highest BCUT2D eigenvalue weighted by Crippen LogP contribution is 2.24. The molecule has 0 heterocycles. The van der Waals surface area contributed by atoms with Crippen LogP contribution in [-0.2, 0) is 20.6 Å². The molecule has 7 heteroatoms. The van der Waals surface area contributed by atoms with E-state index in [0.717, 1.165) is 21.4 Å². The van der Waals surface area contributed by atoms with Crippen molar-refractivity contribution < 1.29 is 13.2 Å². The standard InChI is InChI=1S/C25H28N2O3S2/c1-20-12-14-23(15-13-20)27(32(29,30)24-10-4-3-5-11-24)18-25(28)26-16-17-31-19-22-9-7-6-8-21(22)2/h3-15H,16-19H2,1-2H3,(H,26,28). The van der Waals surface area contributed by atoms with Gasteiger partial charge in [-0.2, -0.15) is 11.8 Å². The smallest absolute Gasteiger partial charge is 0.264 e. The van der Waals surface area contributed by atoms with E-state index in [2.05, 4.69) is 24.4 Å². The maximum absolute atomic E-state index is 13.3. The van der Waals surface area contributed by atoms with Gasteiger partial charge in [-0.3, -0.25) is 9.10 Å². The number of anilines is 1. The first kappa shape index (κ1) is 23.9. The van der Waals surface area contributed by atoms with E-state index >= 15 is 0 Å². The second-order valence-electron chi connectivity index (χ2n) is 7.49. The molecule has 1 N–H and O–H groups in total. The van der Waals surface area contributed by atoms with E-state index in [-0.39, 0.29) is 17.3 Å². The van der Waals surface area contributed by atoms with Crippen LogP contribution in [0.2, 0.25) is 0 Å². The Labute approximate surface area is 194 Å². The normalized spacial score (nSPS) is 11.2. The quantitative estimate of drug-likeness (QED) is 0.444. The fraction of sp³-hybridized carbons (Fsp3) is 0.240. The number of rotatable bonds is 10. The van der Waals surface area contributed by atoms with Crippen LogP contribution < -0.4 is 9.62 Å². The summed E-state index contributed by atoms with van der Waals surface area (Å²) in [6.45, 7) is 4.22. The number of carbonyl (C=O) groups excluding carboxylic acids is 1. The van der Waals surface area contributed by atoms with Crippen molar-refractivity contribution >= 4 is 33.4 Å². The molecule has 0 spiro atoms. The van der Waals surface area contributed by atoms with Crippen LogP contribution in [0, 0.1) is 13.8 Å². The highest BCUT2D eigenvalue weighted by atomic mass is 32.2. The van der Waals surface area contributed by atoms with Gasteiger partial charge in [0, 0.05) is 18.1 Å². The molecule has 0 aliphatic heterocycles. The molecule has 3 aromatic rings. The van der Waals surface area contributed by atoms with Gasteiger partial charge < -0.3 is 5.32 Å². The third-order valence-corrected chi connectivity index (χ3v) is 7.82. The van der Waals surface area contributed by atoms with E-state index in [1.54, 1.807) is 42.1 Å². The van der Waals surface area contributed by atoms with Crippen LogP contribution in [0.15, 0.2) is 83.8 Å². The van der Waals surface area contributed by atoms with Gasteiger partial charge >= 0.3 is 0 Å². The minimum absolute atomic E-state index is 0.155. The van der Waals surface area contributed by atoms with Crippen LogP contribution in [0.3, 0.4) is 0 Å². The van der Waals surface area contributed by atoms with Crippen molar-refractivity contribution in [3.63, 3.8) is 0 Å². The zero-order valence-electron chi connectivity index (χ0n) is 18.3. The predicted molar refractivity (Wildman–Crippen MR) is 133 cm³/mol. The lowest BCUT2D eigenvalue weighted by atomic mass is 10.1. The summed E-state index contributed by atoms with van der Waals surface area (Å²) in [6.07, 6.45) is 0. The molecule has 3 rings (SSSR count). The fourth-order valence-corrected chi connectivity index (χ4v) is 5.53. The van der Waals surface area contributed by atoms with Crippen LogP contribution in [0.25, 0.3) is 0 Å². The van der Waals surface area contributed by atoms with Gasteiger partial charge in [-0.25, -0.2) is 8.42 Å². The summed E-state index contributed by atoms with van der Waals surface area (Å²) in [7, 11) is -3.87. The topological polar surface area (TPSA) is 66.5 Å². The molecule has 0 saturated carbocycles. The summed E-state index contributed by atoms with van der Waals surface area (Å²) in [5, 5.41) is 2.85. The SMILES string of the molecule is Cc1ccc(N(CC(=O)NCCSCc2ccccc2C)S(=O)(=O)c2ccccc2)cc1. The third-order valence-electron chi connectivity index (χ3n) is 5.03. The third kappa shape index (κ3) is 6.37. The maximum Gasteiger partial charge on any atom is 0.264 e. The molecule has 0 aliphatic rings. The van der Waals surface area contributed by atoms with E-state index in [4.69, 9.17) is 0 Å². The number of amides is 1. The van der Waals surface area contributed by atoms with E-state index in [9.17, 15) is 13.2 Å². The molecule has 0 unspecified atom stereocenters. The van der Waals surface area contributed by atoms with Gasteiger partial charge in [-0.15, -0.1) is 0 Å². The van der Waals surface area contributed by atoms with Gasteiger partial charge in [-0.1, -0.05) is 60.2 Å². The Morgan fingerprint density at radius 1 is 0.906 bits per heavy atom. The molecule has 0 fully saturated rings. The molecule has 1 amide bonds. The molecule has 3 aromatic carbocycles. The largest absolute Gasteiger partial charge is 0.354 e. The van der Waals surface area contributed by atoms with Crippen LogP contribution in [0.1, 0.15) is 16.7 Å². The Morgan fingerprint density at radius 2 is 1.56 bits per heavy atom. The van der Waals surface area contributed by atoms with Crippen LogP contribution in [0.5, 0.6) is 0 Å². The molecule has 0 radical (unpaired) electrons. The average Bonchev–Trinajstić information content (AvgIpc) is 2.79. The lowest BCUT2D eigenvalue weighted by Gasteiger charge is -2.24. The number of aryl methyl sites for hydroxylation is 2. The number of sulfonamides is 1. The zero-order chi connectivity index (χ0) is 23.0. The van der Waals surface area contributed by atoms with Gasteiger partial charge in [0.25, 0.3) is 10.0 Å². The van der Waals surface area contributed by atoms with E-state index in [1.807, 2.05) is 31.2 Å². The van der Waals surface area contributed by atoms with Crippen molar-refractivity contribution in [3.05, 3.63) is 95.6 Å². The van der Waals surface area contributed by atoms with Crippen molar-refractivity contribution in [1.82, 2.24) is 5.32 Å². The highest BCUT2D eigenvalue weighted by molar-refractivity contribution is 7.98. The first-order valence-corrected chi connectivity index (χ1v) is 13.0. The van der Waals surface area contributed by atoms with Crippen molar-refractivity contribution in [3.8, 4) is 0 Å². The molecule has 32 heavy (non-hydrogen) atoms. The van der Waals surface area contributed by atoms with Gasteiger partial charge in [0.2, 0.25) is 5.91 Å². The molecule has 0 atom stereocenters. The molecule has 0 aliphatic carbocycles. The predicted octanol–water partition coefficient (Wildman–Crippen LogP) is 4.55. The van der Waals surface area contributed by atoms with Crippen molar-refractivity contribution in [1.29, 1.82) is 0 Å². The Morgan fingerprint density at radius 3 is 2.25 bits per heavy atom. The van der Waals surface area contributed by atoms with Gasteiger partial charge in [0.05, 0.1) is 10.6 Å². The maximum atomic E-state index is 13.3. The van der Waals surface area contributed by atoms with Crippen molar-refractivity contribution in [2.24, 2.45) is 0 Å². The van der Waals surface area contributed by atoms with Crippen molar-refractivity contribution in [2.75, 3.05) is 23.1 Å². The number of carbonyl (C=O) groups is 1. The minimum Gasteiger partial charge on any atom is -0.354 e. The summed E-state index contributed by atoms with van der Waals surface area (Å²) in [6, 6.07) is 23.5. The van der Waals surface area contributed by atoms with E-state index < -0.39 is 10.0 Å². The molecule has 0 saturated heterocycles. The Balaban J connectivity index is 1.62. The molecule has 168 valence electrons. The fourth-order valence-electron chi connectivity index (χ4n) is 3.15. The second kappa shape index (κ2) is 11.2. The van der Waals surface area contributed by atoms with Crippen LogP contribution >= 0.6 is 11.8 Å². The summed E-state index contributed by atoms with van der Waals surface area (Å²) < 4.78 is 27.7. The molecular weight excluding hydrogens is 440 g/mol. The molecule has 5 nitrogen and oxygen atoms in total. The number of nitrogens with zero attached hydrogens (tertiary/aromatic N) is 1. The van der Waals surface area contributed by atoms with E-state index in [1.165, 1.54) is 23.3 Å². The number of hydrogen-bond donors (Lipinski definition) is 1. The molecule has 0 aromatic heterocycles. The first-order valence-electron chi connectivity index (χ1n) is 10.4. The highest BCUT2D eigenvalue weighted by Gasteiger charge is 2.26. The van der Waals surface area contributed by atoms with Gasteiger partial charge in [-0.05, 0) is 49.2 Å². The summed E-state index contributed by atoms with van der Waals surface area (Å²) >= 11 is 1.74. The number of hydrogen-bond acceptors (Lipinski definition) is 4. The number of nitrogens with one attached hydrogen (secondary N) is 1. The average molecular weight is 469 g/mol.